The van der Waals surface area contributed by atoms with E-state index < -0.39 is 0 Å². The molecular weight excluding hydrogens is 528 g/mol. The first kappa shape index (κ1) is 27.9. The number of aryl methyl sites for hydroxylation is 1. The van der Waals surface area contributed by atoms with Gasteiger partial charge in [-0.25, -0.2) is 0 Å². The van der Waals surface area contributed by atoms with Crippen molar-refractivity contribution in [2.45, 2.75) is 33.1 Å². The fourth-order valence-corrected chi connectivity index (χ4v) is 5.21. The predicted octanol–water partition coefficient (Wildman–Crippen LogP) is 10.0. The van der Waals surface area contributed by atoms with Crippen molar-refractivity contribution in [2.75, 3.05) is 5.73 Å². The molecule has 43 heavy (non-hydrogen) atoms. The third-order valence-corrected chi connectivity index (χ3v) is 7.71. The molecule has 4 N–H and O–H groups in total. The minimum atomic E-state index is 0.188. The molecule has 2 aromatic heterocycles. The van der Waals surface area contributed by atoms with E-state index in [1.807, 2.05) is 61.7 Å². The lowest BCUT2D eigenvalue weighted by atomic mass is 9.86. The Morgan fingerprint density at radius 2 is 1.40 bits per heavy atom. The highest BCUT2D eigenvalue weighted by Gasteiger charge is 2.13. The molecule has 0 aliphatic rings. The molecular formula is C38H36N4O. The van der Waals surface area contributed by atoms with Crippen LogP contribution in [-0.2, 0) is 5.41 Å². The van der Waals surface area contributed by atoms with Crippen LogP contribution in [0.2, 0.25) is 0 Å². The summed E-state index contributed by atoms with van der Waals surface area (Å²) in [4.78, 5) is 3.17. The number of benzene rings is 5. The van der Waals surface area contributed by atoms with Crippen LogP contribution in [0, 0.1) is 6.92 Å². The number of para-hydroxylation sites is 2. The van der Waals surface area contributed by atoms with Crippen LogP contribution in [0.4, 0.5) is 5.69 Å². The summed E-state index contributed by atoms with van der Waals surface area (Å²) in [7, 11) is 0. The van der Waals surface area contributed by atoms with E-state index in [9.17, 15) is 0 Å². The molecule has 5 aromatic carbocycles. The largest absolute Gasteiger partial charge is 0.457 e. The van der Waals surface area contributed by atoms with Gasteiger partial charge < -0.3 is 15.5 Å². The first-order valence-corrected chi connectivity index (χ1v) is 14.5. The lowest BCUT2D eigenvalue weighted by Gasteiger charge is -2.19. The number of nitrogens with zero attached hydrogens (tertiary/aromatic N) is 1. The Bertz CT molecular complexity index is 1990. The second-order valence-corrected chi connectivity index (χ2v) is 11.8. The van der Waals surface area contributed by atoms with Gasteiger partial charge in [-0.3, -0.25) is 5.10 Å². The van der Waals surface area contributed by atoms with Gasteiger partial charge in [-0.1, -0.05) is 99.6 Å². The molecule has 7 aromatic rings. The van der Waals surface area contributed by atoms with Crippen LogP contribution in [0.25, 0.3) is 44.1 Å². The molecule has 0 amide bonds. The highest BCUT2D eigenvalue weighted by molar-refractivity contribution is 5.94. The average Bonchev–Trinajstić information content (AvgIpc) is 3.59. The first-order chi connectivity index (χ1) is 20.8. The van der Waals surface area contributed by atoms with Crippen LogP contribution in [0.1, 0.15) is 32.0 Å². The zero-order valence-electron chi connectivity index (χ0n) is 25.0. The summed E-state index contributed by atoms with van der Waals surface area (Å²) in [6.07, 6.45) is 1.84. The van der Waals surface area contributed by atoms with Gasteiger partial charge in [0, 0.05) is 33.7 Å². The topological polar surface area (TPSA) is 79.7 Å². The molecule has 7 rings (SSSR count). The van der Waals surface area contributed by atoms with Crippen LogP contribution >= 0.6 is 0 Å². The lowest BCUT2D eigenvalue weighted by Crippen LogP contribution is -2.10. The number of nitrogen functional groups attached to an aromatic ring is 1. The van der Waals surface area contributed by atoms with Gasteiger partial charge in [0.2, 0.25) is 0 Å². The van der Waals surface area contributed by atoms with Crippen molar-refractivity contribution in [1.29, 1.82) is 0 Å². The molecule has 5 heteroatoms. The second kappa shape index (κ2) is 11.5. The second-order valence-electron chi connectivity index (χ2n) is 11.8. The van der Waals surface area contributed by atoms with E-state index in [4.69, 9.17) is 10.5 Å². The van der Waals surface area contributed by atoms with E-state index in [2.05, 4.69) is 103 Å². The van der Waals surface area contributed by atoms with Crippen molar-refractivity contribution < 1.29 is 4.74 Å². The number of anilines is 1. The van der Waals surface area contributed by atoms with Gasteiger partial charge in [-0.05, 0) is 71.0 Å². The van der Waals surface area contributed by atoms with Crippen molar-refractivity contribution in [3.8, 4) is 33.8 Å². The van der Waals surface area contributed by atoms with Crippen LogP contribution in [0.5, 0.6) is 11.5 Å². The standard InChI is InChI=1S/C20H16N2O.C18H20N2/c1-14-17-12-11-15(13-19(17)22-21-14)18-9-5-6-10-20(18)23-16-7-3-2-4-8-16;1-18(2,3)14-7-4-12(5-8-14)13-6-9-17-15(10-13)16(19)11-20-17/h2-13H,1H3,(H,21,22);4-11,20H,19H2,1-3H3. The minimum Gasteiger partial charge on any atom is -0.457 e. The Labute approximate surface area is 252 Å². The monoisotopic (exact) mass is 564 g/mol. The molecule has 0 aliphatic heterocycles. The molecule has 0 saturated heterocycles. The molecule has 2 heterocycles. The molecule has 0 spiro atoms. The Balaban J connectivity index is 0.000000155. The number of hydrogen-bond donors (Lipinski definition) is 3. The fourth-order valence-electron chi connectivity index (χ4n) is 5.21. The highest BCUT2D eigenvalue weighted by atomic mass is 16.5. The van der Waals surface area contributed by atoms with Crippen molar-refractivity contribution in [3.63, 3.8) is 0 Å². The molecule has 0 atom stereocenters. The number of nitrogens with two attached hydrogens (primary N) is 1. The molecule has 0 saturated carbocycles. The normalized spacial score (nSPS) is 11.3. The molecule has 0 unspecified atom stereocenters. The van der Waals surface area contributed by atoms with Gasteiger partial charge in [0.25, 0.3) is 0 Å². The number of fused-ring (bicyclic) bond motifs is 2. The lowest BCUT2D eigenvalue weighted by molar-refractivity contribution is 0.484. The van der Waals surface area contributed by atoms with E-state index in [-0.39, 0.29) is 5.41 Å². The Morgan fingerprint density at radius 3 is 2.16 bits per heavy atom. The van der Waals surface area contributed by atoms with Crippen molar-refractivity contribution in [3.05, 3.63) is 133 Å². The number of ether oxygens (including phenoxy) is 1. The van der Waals surface area contributed by atoms with E-state index >= 15 is 0 Å². The Kier molecular flexibility index (Phi) is 7.47. The van der Waals surface area contributed by atoms with Gasteiger partial charge in [0.15, 0.2) is 0 Å². The molecule has 0 fully saturated rings. The van der Waals surface area contributed by atoms with Gasteiger partial charge in [0.05, 0.1) is 11.2 Å². The number of hydrogen-bond acceptors (Lipinski definition) is 3. The van der Waals surface area contributed by atoms with Crippen molar-refractivity contribution in [2.24, 2.45) is 0 Å². The van der Waals surface area contributed by atoms with E-state index in [1.165, 1.54) is 16.7 Å². The third-order valence-electron chi connectivity index (χ3n) is 7.71. The fraction of sp³-hybridized carbons (Fsp3) is 0.132. The average molecular weight is 565 g/mol. The van der Waals surface area contributed by atoms with Gasteiger partial charge >= 0.3 is 0 Å². The highest BCUT2D eigenvalue weighted by Crippen LogP contribution is 2.35. The van der Waals surface area contributed by atoms with Crippen LogP contribution in [0.3, 0.4) is 0 Å². The summed E-state index contributed by atoms with van der Waals surface area (Å²) >= 11 is 0. The maximum absolute atomic E-state index is 6.05. The first-order valence-electron chi connectivity index (χ1n) is 14.5. The van der Waals surface area contributed by atoms with Crippen LogP contribution in [-0.4, -0.2) is 15.2 Å². The summed E-state index contributed by atoms with van der Waals surface area (Å²) in [5.74, 6) is 1.67. The summed E-state index contributed by atoms with van der Waals surface area (Å²) in [6, 6.07) is 39.3. The molecule has 214 valence electrons. The molecule has 0 bridgehead atoms. The summed E-state index contributed by atoms with van der Waals surface area (Å²) < 4.78 is 6.05. The van der Waals surface area contributed by atoms with Crippen LogP contribution < -0.4 is 10.5 Å². The third kappa shape index (κ3) is 6.02. The summed E-state index contributed by atoms with van der Waals surface area (Å²) in [6.45, 7) is 8.72. The summed E-state index contributed by atoms with van der Waals surface area (Å²) in [5.41, 5.74) is 16.0. The van der Waals surface area contributed by atoms with Gasteiger partial charge in [-0.15, -0.1) is 0 Å². The Morgan fingerprint density at radius 1 is 0.698 bits per heavy atom. The van der Waals surface area contributed by atoms with E-state index in [1.54, 1.807) is 0 Å². The number of aromatic nitrogens is 3. The summed E-state index contributed by atoms with van der Waals surface area (Å²) in [5, 5.41) is 9.61. The zero-order chi connectivity index (χ0) is 30.0. The van der Waals surface area contributed by atoms with E-state index in [0.717, 1.165) is 55.8 Å². The number of aromatic amines is 2. The van der Waals surface area contributed by atoms with Crippen molar-refractivity contribution >= 4 is 27.5 Å². The van der Waals surface area contributed by atoms with E-state index in [0.29, 0.717) is 0 Å². The maximum atomic E-state index is 6.05. The van der Waals surface area contributed by atoms with Gasteiger partial charge in [0.1, 0.15) is 11.5 Å². The van der Waals surface area contributed by atoms with Gasteiger partial charge in [-0.2, -0.15) is 5.10 Å². The Hall–Kier alpha value is -5.29. The maximum Gasteiger partial charge on any atom is 0.135 e. The van der Waals surface area contributed by atoms with Crippen molar-refractivity contribution in [1.82, 2.24) is 15.2 Å². The minimum absolute atomic E-state index is 0.188. The number of H-pyrrole nitrogens is 2. The number of rotatable bonds is 4. The quantitative estimate of drug-likeness (QED) is 0.199. The predicted molar refractivity (Wildman–Crippen MR) is 180 cm³/mol. The van der Waals surface area contributed by atoms with Crippen LogP contribution in [0.15, 0.2) is 121 Å². The molecule has 0 radical (unpaired) electrons. The molecule has 0 aliphatic carbocycles. The molecule has 5 nitrogen and oxygen atoms in total. The smallest absolute Gasteiger partial charge is 0.135 e. The zero-order valence-corrected chi connectivity index (χ0v) is 25.0. The SMILES string of the molecule is CC(C)(C)c1ccc(-c2ccc3[nH]cc(N)c3c2)cc1.Cc1[nH]nc2cc(-c3ccccc3Oc3ccccc3)ccc12. The number of nitrogens with one attached hydrogen (secondary N) is 2.